The number of rotatable bonds is 6. The summed E-state index contributed by atoms with van der Waals surface area (Å²) in [4.78, 5) is 55.3. The summed E-state index contributed by atoms with van der Waals surface area (Å²) < 4.78 is 0.704. The Morgan fingerprint density at radius 2 is 1.96 bits per heavy atom. The first-order valence-electron chi connectivity index (χ1n) is 9.35. The van der Waals surface area contributed by atoms with E-state index in [1.54, 1.807) is 10.3 Å². The third-order valence-corrected chi connectivity index (χ3v) is 8.69. The molecule has 1 aromatic heterocycles. The second kappa shape index (κ2) is 6.84. The molecule has 3 unspecified atom stereocenters. The molecule has 0 bridgehead atoms. The molecular formula is C18H22N4O4S2. The Morgan fingerprint density at radius 3 is 2.54 bits per heavy atom. The number of amides is 4. The Balaban J connectivity index is 1.44. The lowest BCUT2D eigenvalue weighted by molar-refractivity contribution is -0.133. The number of nitrogens with zero attached hydrogens (tertiary/aromatic N) is 2. The van der Waals surface area contributed by atoms with Crippen molar-refractivity contribution in [2.45, 2.75) is 48.6 Å². The molecule has 0 spiro atoms. The van der Waals surface area contributed by atoms with Crippen LogP contribution in [0.2, 0.25) is 0 Å². The molecule has 150 valence electrons. The van der Waals surface area contributed by atoms with E-state index in [9.17, 15) is 19.2 Å². The van der Waals surface area contributed by atoms with E-state index in [2.05, 4.69) is 10.3 Å². The van der Waals surface area contributed by atoms with Gasteiger partial charge < -0.3 is 10.6 Å². The van der Waals surface area contributed by atoms with Gasteiger partial charge in [0.05, 0.1) is 28.2 Å². The topological polar surface area (TPSA) is 122 Å². The summed E-state index contributed by atoms with van der Waals surface area (Å²) in [6.07, 6.45) is 2.87. The molecule has 2 aliphatic heterocycles. The van der Waals surface area contributed by atoms with Crippen LogP contribution >= 0.6 is 23.1 Å². The first kappa shape index (κ1) is 19.4. The zero-order chi connectivity index (χ0) is 20.1. The van der Waals surface area contributed by atoms with Crippen molar-refractivity contribution < 1.29 is 19.2 Å². The fourth-order valence-electron chi connectivity index (χ4n) is 4.82. The largest absolute Gasteiger partial charge is 0.369 e. The van der Waals surface area contributed by atoms with Crippen molar-refractivity contribution in [3.8, 4) is 0 Å². The number of primary amides is 1. The summed E-state index contributed by atoms with van der Waals surface area (Å²) >= 11 is 2.69. The van der Waals surface area contributed by atoms with Crippen LogP contribution < -0.4 is 11.1 Å². The molecule has 1 aliphatic carbocycles. The summed E-state index contributed by atoms with van der Waals surface area (Å²) in [5.74, 6) is -0.958. The normalized spacial score (nSPS) is 29.5. The van der Waals surface area contributed by atoms with E-state index in [1.165, 1.54) is 23.1 Å². The molecule has 4 rings (SSSR count). The average molecular weight is 423 g/mol. The first-order chi connectivity index (χ1) is 13.3. The van der Waals surface area contributed by atoms with Crippen molar-refractivity contribution in [3.05, 3.63) is 11.1 Å². The van der Waals surface area contributed by atoms with Crippen LogP contribution in [0.4, 0.5) is 0 Å². The van der Waals surface area contributed by atoms with Gasteiger partial charge in [0.1, 0.15) is 0 Å². The number of hydrogen-bond acceptors (Lipinski definition) is 7. The number of hydrogen-bond donors (Lipinski definition) is 2. The van der Waals surface area contributed by atoms with E-state index in [1.807, 2.05) is 6.92 Å². The maximum Gasteiger partial charge on any atom is 0.235 e. The van der Waals surface area contributed by atoms with Crippen molar-refractivity contribution >= 4 is 46.7 Å². The number of nitrogens with two attached hydrogens (primary N) is 1. The molecule has 3 heterocycles. The molecule has 28 heavy (non-hydrogen) atoms. The summed E-state index contributed by atoms with van der Waals surface area (Å²) in [7, 11) is 0. The van der Waals surface area contributed by atoms with E-state index in [0.717, 1.165) is 6.42 Å². The van der Waals surface area contributed by atoms with Gasteiger partial charge in [0.15, 0.2) is 4.34 Å². The smallest absolute Gasteiger partial charge is 0.235 e. The lowest BCUT2D eigenvalue weighted by Gasteiger charge is -2.25. The average Bonchev–Trinajstić information content (AvgIpc) is 3.34. The van der Waals surface area contributed by atoms with Crippen LogP contribution in [-0.2, 0) is 25.6 Å². The van der Waals surface area contributed by atoms with E-state index < -0.39 is 10.8 Å². The third-order valence-electron chi connectivity index (χ3n) is 6.29. The molecule has 3 N–H and O–H groups in total. The fourth-order valence-corrected chi connectivity index (χ4v) is 6.77. The fraction of sp³-hybridized carbons (Fsp3) is 0.611. The highest BCUT2D eigenvalue weighted by molar-refractivity contribution is 8.02. The van der Waals surface area contributed by atoms with E-state index >= 15 is 0 Å². The summed E-state index contributed by atoms with van der Waals surface area (Å²) in [6.45, 7) is 2.49. The first-order valence-corrected chi connectivity index (χ1v) is 11.1. The highest BCUT2D eigenvalue weighted by atomic mass is 32.2. The summed E-state index contributed by atoms with van der Waals surface area (Å²) in [6, 6.07) is 0. The zero-order valence-corrected chi connectivity index (χ0v) is 17.2. The van der Waals surface area contributed by atoms with Crippen molar-refractivity contribution in [2.75, 3.05) is 13.1 Å². The van der Waals surface area contributed by atoms with E-state index in [4.69, 9.17) is 5.73 Å². The maximum atomic E-state index is 12.8. The minimum Gasteiger partial charge on any atom is -0.369 e. The highest BCUT2D eigenvalue weighted by Crippen LogP contribution is 2.60. The Hall–Kier alpha value is -1.94. The van der Waals surface area contributed by atoms with Gasteiger partial charge in [0.25, 0.3) is 0 Å². The minimum absolute atomic E-state index is 0.117. The van der Waals surface area contributed by atoms with Crippen LogP contribution in [0.3, 0.4) is 0 Å². The quantitative estimate of drug-likeness (QED) is 0.514. The van der Waals surface area contributed by atoms with Gasteiger partial charge in [-0.3, -0.25) is 24.5 Å². The van der Waals surface area contributed by atoms with Crippen LogP contribution in [0.25, 0.3) is 0 Å². The van der Waals surface area contributed by atoms with Crippen LogP contribution in [-0.4, -0.2) is 51.9 Å². The standard InChI is InChI=1S/C18H22N4O4S2/c1-2-11(13(19)24)28-16-20-10(7-27-16)6-12(23)22-8-17-4-3-5-18(17,9-22)15(26)21-14(17)25/h7,11H,2-6,8-9H2,1H3,(H2,19,24)(H,21,25,26). The Kier molecular flexibility index (Phi) is 4.73. The Morgan fingerprint density at radius 1 is 1.32 bits per heavy atom. The van der Waals surface area contributed by atoms with Gasteiger partial charge in [-0.2, -0.15) is 0 Å². The molecule has 4 amide bonds. The van der Waals surface area contributed by atoms with E-state index in [-0.39, 0.29) is 35.3 Å². The second-order valence-corrected chi connectivity index (χ2v) is 10.1. The van der Waals surface area contributed by atoms with Crippen molar-refractivity contribution in [1.29, 1.82) is 0 Å². The van der Waals surface area contributed by atoms with Crippen LogP contribution in [0.1, 0.15) is 38.3 Å². The molecule has 10 heteroatoms. The van der Waals surface area contributed by atoms with E-state index in [0.29, 0.717) is 42.4 Å². The van der Waals surface area contributed by atoms with Gasteiger partial charge in [-0.25, -0.2) is 4.98 Å². The Labute approximate surface area is 170 Å². The molecule has 1 aromatic rings. The van der Waals surface area contributed by atoms with Crippen LogP contribution in [0.15, 0.2) is 9.72 Å². The van der Waals surface area contributed by atoms with Gasteiger partial charge in [-0.1, -0.05) is 25.1 Å². The van der Waals surface area contributed by atoms with Gasteiger partial charge in [-0.05, 0) is 19.3 Å². The molecule has 0 aromatic carbocycles. The van der Waals surface area contributed by atoms with Gasteiger partial charge in [0, 0.05) is 18.5 Å². The highest BCUT2D eigenvalue weighted by Gasteiger charge is 2.72. The van der Waals surface area contributed by atoms with Gasteiger partial charge >= 0.3 is 0 Å². The number of imide groups is 1. The number of carbonyl (C=O) groups excluding carboxylic acids is 4. The summed E-state index contributed by atoms with van der Waals surface area (Å²) in [5, 5.41) is 3.95. The predicted octanol–water partition coefficient (Wildman–Crippen LogP) is 0.697. The molecule has 2 saturated heterocycles. The SMILES string of the molecule is CCC(Sc1nc(CC(=O)N2CC34CCCC3(C2)C(=O)NC4=O)cs1)C(N)=O. The lowest BCUT2D eigenvalue weighted by Crippen LogP contribution is -2.40. The minimum atomic E-state index is -0.751. The van der Waals surface area contributed by atoms with Crippen molar-refractivity contribution in [3.63, 3.8) is 0 Å². The van der Waals surface area contributed by atoms with Crippen LogP contribution in [0.5, 0.6) is 0 Å². The molecular weight excluding hydrogens is 400 g/mol. The molecule has 3 aliphatic rings. The van der Waals surface area contributed by atoms with Crippen molar-refractivity contribution in [1.82, 2.24) is 15.2 Å². The molecule has 1 saturated carbocycles. The maximum absolute atomic E-state index is 12.8. The van der Waals surface area contributed by atoms with Gasteiger partial charge in [0.2, 0.25) is 23.6 Å². The number of carbonyl (C=O) groups is 4. The molecule has 3 fully saturated rings. The molecule has 3 atom stereocenters. The van der Waals surface area contributed by atoms with Crippen molar-refractivity contribution in [2.24, 2.45) is 16.6 Å². The number of nitrogens with one attached hydrogen (secondary N) is 1. The molecule has 0 radical (unpaired) electrons. The summed E-state index contributed by atoms with van der Waals surface area (Å²) in [5.41, 5.74) is 4.50. The number of thioether (sulfide) groups is 1. The third kappa shape index (κ3) is 2.76. The predicted molar refractivity (Wildman–Crippen MR) is 103 cm³/mol. The lowest BCUT2D eigenvalue weighted by atomic mass is 9.70. The monoisotopic (exact) mass is 422 g/mol. The zero-order valence-electron chi connectivity index (χ0n) is 15.5. The molecule has 8 nitrogen and oxygen atoms in total. The number of thiazole rings is 1. The Bertz CT molecular complexity index is 842. The number of aromatic nitrogens is 1. The number of likely N-dealkylation sites (tertiary alicyclic amines) is 1. The van der Waals surface area contributed by atoms with Gasteiger partial charge in [-0.15, -0.1) is 11.3 Å². The second-order valence-electron chi connectivity index (χ2n) is 7.75. The van der Waals surface area contributed by atoms with Crippen LogP contribution in [0, 0.1) is 10.8 Å².